The molecule has 0 aliphatic carbocycles. The van der Waals surface area contributed by atoms with Gasteiger partial charge in [-0.1, -0.05) is 81.4 Å². The molecule has 0 unspecified atom stereocenters. The van der Waals surface area contributed by atoms with Crippen LogP contribution < -0.4 is 10.4 Å². The van der Waals surface area contributed by atoms with Crippen LogP contribution in [-0.4, -0.2) is 40.1 Å². The van der Waals surface area contributed by atoms with E-state index in [0.717, 1.165) is 12.8 Å². The Labute approximate surface area is 170 Å². The number of hydrogen-bond acceptors (Lipinski definition) is 3. The fraction of sp³-hybridized carbons (Fsp3) is 0.435. The maximum Gasteiger partial charge on any atom is 0.261 e. The molecule has 152 valence electrons. The van der Waals surface area contributed by atoms with Crippen LogP contribution in [0.4, 0.5) is 0 Å². The van der Waals surface area contributed by atoms with E-state index in [-0.39, 0.29) is 10.9 Å². The van der Waals surface area contributed by atoms with Crippen LogP contribution in [0.25, 0.3) is 0 Å². The molecule has 0 bridgehead atoms. The van der Waals surface area contributed by atoms with Gasteiger partial charge in [0.1, 0.15) is 0 Å². The van der Waals surface area contributed by atoms with Gasteiger partial charge in [0.25, 0.3) is 8.32 Å². The normalized spacial score (nSPS) is 12.0. The molecule has 0 saturated heterocycles. The van der Waals surface area contributed by atoms with Crippen LogP contribution in [0.3, 0.4) is 0 Å². The Morgan fingerprint density at radius 3 is 1.86 bits per heavy atom. The van der Waals surface area contributed by atoms with Gasteiger partial charge in [0.05, 0.1) is 7.11 Å². The van der Waals surface area contributed by atoms with Crippen LogP contribution in [0.1, 0.15) is 40.0 Å². The lowest BCUT2D eigenvalue weighted by molar-refractivity contribution is -0.168. The summed E-state index contributed by atoms with van der Waals surface area (Å²) in [6, 6.07) is 21.3. The molecule has 28 heavy (non-hydrogen) atoms. The molecule has 2 aromatic carbocycles. The van der Waals surface area contributed by atoms with Crippen molar-refractivity contribution in [2.24, 2.45) is 0 Å². The summed E-state index contributed by atoms with van der Waals surface area (Å²) in [5.74, 6) is -0.00653. The van der Waals surface area contributed by atoms with Crippen molar-refractivity contribution in [3.8, 4) is 0 Å². The van der Waals surface area contributed by atoms with E-state index in [4.69, 9.17) is 9.26 Å². The number of hydroxylamine groups is 2. The van der Waals surface area contributed by atoms with Gasteiger partial charge < -0.3 is 4.43 Å². The van der Waals surface area contributed by atoms with Crippen LogP contribution in [0.15, 0.2) is 60.7 Å². The maximum absolute atomic E-state index is 11.9. The maximum atomic E-state index is 11.9. The highest BCUT2D eigenvalue weighted by molar-refractivity contribution is 6.99. The number of hydrogen-bond donors (Lipinski definition) is 0. The van der Waals surface area contributed by atoms with E-state index in [1.807, 2.05) is 12.1 Å². The predicted octanol–water partition coefficient (Wildman–Crippen LogP) is 3.75. The highest BCUT2D eigenvalue weighted by Gasteiger charge is 2.49. The van der Waals surface area contributed by atoms with Crippen LogP contribution >= 0.6 is 0 Å². The van der Waals surface area contributed by atoms with Crippen molar-refractivity contribution < 1.29 is 14.1 Å². The largest absolute Gasteiger partial charge is 0.407 e. The van der Waals surface area contributed by atoms with Crippen LogP contribution in [0, 0.1) is 0 Å². The van der Waals surface area contributed by atoms with Gasteiger partial charge >= 0.3 is 0 Å². The topological polar surface area (TPSA) is 38.8 Å². The van der Waals surface area contributed by atoms with Gasteiger partial charge in [-0.15, -0.1) is 0 Å². The average molecular weight is 400 g/mol. The summed E-state index contributed by atoms with van der Waals surface area (Å²) >= 11 is 0. The zero-order valence-electron chi connectivity index (χ0n) is 17.8. The molecule has 0 N–H and O–H groups in total. The molecular formula is C23H33NO3Si. The third kappa shape index (κ3) is 5.10. The zero-order chi connectivity index (χ0) is 20.6. The molecule has 0 spiro atoms. The van der Waals surface area contributed by atoms with E-state index in [9.17, 15) is 4.79 Å². The van der Waals surface area contributed by atoms with E-state index in [0.29, 0.717) is 13.0 Å². The number of carbonyl (C=O) groups excluding carboxylic acids is 1. The first-order valence-corrected chi connectivity index (χ1v) is 11.8. The third-order valence-electron chi connectivity index (χ3n) is 5.15. The van der Waals surface area contributed by atoms with E-state index < -0.39 is 8.32 Å². The lowest BCUT2D eigenvalue weighted by atomic mass is 10.2. The first-order chi connectivity index (χ1) is 13.3. The second-order valence-electron chi connectivity index (χ2n) is 8.04. The molecule has 5 heteroatoms. The van der Waals surface area contributed by atoms with E-state index >= 15 is 0 Å². The standard InChI is InChI=1S/C23H33NO3Si/c1-23(2,3)28(20-14-8-6-9-15-20,21-16-10-7-11-17-21)27-19-13-12-18-22(25)24(4)26-5/h6-11,14-17H,12-13,18-19H2,1-5H3. The summed E-state index contributed by atoms with van der Waals surface area (Å²) in [5, 5.41) is 3.82. The number of carbonyl (C=O) groups is 1. The molecule has 1 amide bonds. The fourth-order valence-corrected chi connectivity index (χ4v) is 8.23. The van der Waals surface area contributed by atoms with Crippen molar-refractivity contribution in [1.29, 1.82) is 0 Å². The quantitative estimate of drug-likeness (QED) is 0.366. The highest BCUT2D eigenvalue weighted by Crippen LogP contribution is 2.36. The van der Waals surface area contributed by atoms with Crippen molar-refractivity contribution >= 4 is 24.6 Å². The molecule has 0 saturated carbocycles. The molecule has 2 rings (SSSR count). The molecule has 0 aliphatic rings. The van der Waals surface area contributed by atoms with Gasteiger partial charge in [-0.25, -0.2) is 5.06 Å². The monoisotopic (exact) mass is 399 g/mol. The zero-order valence-corrected chi connectivity index (χ0v) is 18.8. The molecule has 4 nitrogen and oxygen atoms in total. The second-order valence-corrected chi connectivity index (χ2v) is 12.3. The Morgan fingerprint density at radius 2 is 1.43 bits per heavy atom. The molecular weight excluding hydrogens is 366 g/mol. The Kier molecular flexibility index (Phi) is 7.98. The molecule has 0 atom stereocenters. The molecule has 0 radical (unpaired) electrons. The van der Waals surface area contributed by atoms with Crippen molar-refractivity contribution in [2.45, 2.75) is 45.1 Å². The van der Waals surface area contributed by atoms with Gasteiger partial charge in [0, 0.05) is 20.1 Å². The first kappa shape index (κ1) is 22.3. The van der Waals surface area contributed by atoms with Crippen molar-refractivity contribution in [3.63, 3.8) is 0 Å². The van der Waals surface area contributed by atoms with Gasteiger partial charge in [-0.05, 0) is 28.3 Å². The van der Waals surface area contributed by atoms with Crippen molar-refractivity contribution in [1.82, 2.24) is 5.06 Å². The van der Waals surface area contributed by atoms with Gasteiger partial charge in [-0.3, -0.25) is 9.63 Å². The van der Waals surface area contributed by atoms with Crippen LogP contribution in [0.2, 0.25) is 5.04 Å². The number of benzene rings is 2. The molecule has 0 aliphatic heterocycles. The molecule has 0 aromatic heterocycles. The van der Waals surface area contributed by atoms with Gasteiger partial charge in [0.2, 0.25) is 5.91 Å². The minimum absolute atomic E-state index is 0.00653. The Morgan fingerprint density at radius 1 is 0.929 bits per heavy atom. The minimum atomic E-state index is -2.48. The summed E-state index contributed by atoms with van der Waals surface area (Å²) in [6.07, 6.45) is 2.09. The van der Waals surface area contributed by atoms with E-state index in [2.05, 4.69) is 69.3 Å². The minimum Gasteiger partial charge on any atom is -0.407 e. The Bertz CT molecular complexity index is 689. The average Bonchev–Trinajstić information content (AvgIpc) is 2.70. The summed E-state index contributed by atoms with van der Waals surface area (Å²) in [7, 11) is 0.669. The number of nitrogens with zero attached hydrogens (tertiary/aromatic N) is 1. The summed E-state index contributed by atoms with van der Waals surface area (Å²) in [4.78, 5) is 16.8. The van der Waals surface area contributed by atoms with E-state index in [1.165, 1.54) is 22.5 Å². The van der Waals surface area contributed by atoms with Gasteiger partial charge in [0.15, 0.2) is 0 Å². The lowest BCUT2D eigenvalue weighted by Gasteiger charge is -2.43. The second kappa shape index (κ2) is 10.0. The predicted molar refractivity (Wildman–Crippen MR) is 117 cm³/mol. The van der Waals surface area contributed by atoms with Crippen molar-refractivity contribution in [3.05, 3.63) is 60.7 Å². The molecule has 0 fully saturated rings. The Balaban J connectivity index is 2.21. The van der Waals surface area contributed by atoms with E-state index in [1.54, 1.807) is 7.05 Å². The summed E-state index contributed by atoms with van der Waals surface area (Å²) in [5.41, 5.74) is 0. The van der Waals surface area contributed by atoms with Crippen molar-refractivity contribution in [2.75, 3.05) is 20.8 Å². The Hall–Kier alpha value is -1.95. The third-order valence-corrected chi connectivity index (χ3v) is 10.2. The summed E-state index contributed by atoms with van der Waals surface area (Å²) < 4.78 is 6.82. The van der Waals surface area contributed by atoms with Crippen LogP contribution in [-0.2, 0) is 14.1 Å². The first-order valence-electron chi connectivity index (χ1n) is 9.88. The fourth-order valence-electron chi connectivity index (χ4n) is 3.62. The SMILES string of the molecule is CON(C)C(=O)CCCCO[Si](c1ccccc1)(c1ccccc1)C(C)(C)C. The number of amides is 1. The highest BCUT2D eigenvalue weighted by atomic mass is 28.4. The number of rotatable bonds is 9. The van der Waals surface area contributed by atoms with Gasteiger partial charge in [-0.2, -0.15) is 0 Å². The van der Waals surface area contributed by atoms with Crippen LogP contribution in [0.5, 0.6) is 0 Å². The summed E-state index contributed by atoms with van der Waals surface area (Å²) in [6.45, 7) is 7.46. The lowest BCUT2D eigenvalue weighted by Crippen LogP contribution is -2.66. The number of unbranched alkanes of at least 4 members (excludes halogenated alkanes) is 1. The molecule has 2 aromatic rings. The smallest absolute Gasteiger partial charge is 0.261 e. The molecule has 0 heterocycles.